The summed E-state index contributed by atoms with van der Waals surface area (Å²) in [6, 6.07) is 6.07. The Balaban J connectivity index is 2.44. The molecule has 1 aromatic carbocycles. The maximum absolute atomic E-state index is 13.9. The lowest BCUT2D eigenvalue weighted by molar-refractivity contribution is 0.277. The van der Waals surface area contributed by atoms with Crippen LogP contribution in [0.15, 0.2) is 28.2 Å². The van der Waals surface area contributed by atoms with E-state index in [2.05, 4.69) is 23.8 Å². The van der Waals surface area contributed by atoms with Gasteiger partial charge in [0.25, 0.3) is 5.56 Å². The van der Waals surface area contributed by atoms with Crippen molar-refractivity contribution >= 4 is 11.8 Å². The van der Waals surface area contributed by atoms with Crippen molar-refractivity contribution in [3.05, 3.63) is 39.9 Å². The van der Waals surface area contributed by atoms with E-state index in [1.165, 1.54) is 30.0 Å². The second-order valence-corrected chi connectivity index (χ2v) is 6.38. The van der Waals surface area contributed by atoms with Crippen molar-refractivity contribution in [2.24, 2.45) is 5.92 Å². The number of nitriles is 1. The van der Waals surface area contributed by atoms with E-state index < -0.39 is 11.4 Å². The standard InChI is InChI=1S/C17H18FN3O2S/c1-10(2)6-7-23-14-8-11(4-5-13(14)18)15-12(9-19)16(22)21-17(20-15)24-3/h4-5,8,10H,6-7H2,1-3H3,(H,20,21,22). The van der Waals surface area contributed by atoms with Crippen molar-refractivity contribution in [3.8, 4) is 23.1 Å². The SMILES string of the molecule is CSc1nc(-c2ccc(F)c(OCCC(C)C)c2)c(C#N)c(=O)[nH]1. The van der Waals surface area contributed by atoms with Crippen LogP contribution < -0.4 is 10.3 Å². The Morgan fingerprint density at radius 1 is 1.46 bits per heavy atom. The highest BCUT2D eigenvalue weighted by Gasteiger charge is 2.15. The zero-order chi connectivity index (χ0) is 17.7. The molecule has 0 amide bonds. The minimum Gasteiger partial charge on any atom is -0.490 e. The number of thioether (sulfide) groups is 1. The Morgan fingerprint density at radius 3 is 2.83 bits per heavy atom. The van der Waals surface area contributed by atoms with Crippen LogP contribution in [-0.2, 0) is 0 Å². The van der Waals surface area contributed by atoms with Crippen LogP contribution in [0.25, 0.3) is 11.3 Å². The maximum atomic E-state index is 13.9. The van der Waals surface area contributed by atoms with E-state index in [0.29, 0.717) is 23.2 Å². The summed E-state index contributed by atoms with van der Waals surface area (Å²) < 4.78 is 19.4. The van der Waals surface area contributed by atoms with Gasteiger partial charge in [0.15, 0.2) is 16.7 Å². The fourth-order valence-electron chi connectivity index (χ4n) is 2.03. The van der Waals surface area contributed by atoms with E-state index >= 15 is 0 Å². The van der Waals surface area contributed by atoms with E-state index in [1.807, 2.05) is 6.07 Å². The molecule has 0 radical (unpaired) electrons. The van der Waals surface area contributed by atoms with Gasteiger partial charge in [0.05, 0.1) is 12.3 Å². The zero-order valence-electron chi connectivity index (χ0n) is 13.7. The number of nitrogens with one attached hydrogen (secondary N) is 1. The fraction of sp³-hybridized carbons (Fsp3) is 0.353. The zero-order valence-corrected chi connectivity index (χ0v) is 14.5. The number of halogens is 1. The van der Waals surface area contributed by atoms with Gasteiger partial charge in [0.1, 0.15) is 11.6 Å². The predicted octanol–water partition coefficient (Wildman–Crippen LogP) is 3.59. The summed E-state index contributed by atoms with van der Waals surface area (Å²) in [5.41, 5.74) is 0.0687. The molecule has 1 N–H and O–H groups in total. The lowest BCUT2D eigenvalue weighted by Gasteiger charge is -2.11. The van der Waals surface area contributed by atoms with Crippen LogP contribution in [0.2, 0.25) is 0 Å². The van der Waals surface area contributed by atoms with Crippen molar-refractivity contribution in [2.75, 3.05) is 12.9 Å². The van der Waals surface area contributed by atoms with Gasteiger partial charge in [-0.1, -0.05) is 25.6 Å². The minimum atomic E-state index is -0.515. The van der Waals surface area contributed by atoms with Gasteiger partial charge in [-0.15, -0.1) is 0 Å². The molecule has 7 heteroatoms. The number of nitrogens with zero attached hydrogens (tertiary/aromatic N) is 2. The van der Waals surface area contributed by atoms with Crippen molar-refractivity contribution in [3.63, 3.8) is 0 Å². The fourth-order valence-corrected chi connectivity index (χ4v) is 2.41. The van der Waals surface area contributed by atoms with Gasteiger partial charge < -0.3 is 9.72 Å². The van der Waals surface area contributed by atoms with Crippen LogP contribution in [-0.4, -0.2) is 22.8 Å². The summed E-state index contributed by atoms with van der Waals surface area (Å²) in [4.78, 5) is 18.8. The molecule has 0 unspecified atom stereocenters. The predicted molar refractivity (Wildman–Crippen MR) is 91.7 cm³/mol. The van der Waals surface area contributed by atoms with Crippen molar-refractivity contribution in [1.82, 2.24) is 9.97 Å². The smallest absolute Gasteiger partial charge is 0.270 e. The lowest BCUT2D eigenvalue weighted by Crippen LogP contribution is -2.14. The average Bonchev–Trinajstić information content (AvgIpc) is 2.55. The Morgan fingerprint density at radius 2 is 2.21 bits per heavy atom. The van der Waals surface area contributed by atoms with Gasteiger partial charge in [-0.05, 0) is 36.8 Å². The molecule has 0 saturated carbocycles. The van der Waals surface area contributed by atoms with Gasteiger partial charge in [0, 0.05) is 5.56 Å². The van der Waals surface area contributed by atoms with Crippen LogP contribution in [0, 0.1) is 23.1 Å². The Bertz CT molecular complexity index is 828. The van der Waals surface area contributed by atoms with E-state index in [4.69, 9.17) is 4.74 Å². The molecule has 1 heterocycles. The Hall–Kier alpha value is -2.33. The first-order valence-corrected chi connectivity index (χ1v) is 8.69. The quantitative estimate of drug-likeness (QED) is 0.638. The average molecular weight is 347 g/mol. The number of ether oxygens (including phenoxy) is 1. The number of benzene rings is 1. The molecule has 0 atom stereocenters. The molecule has 5 nitrogen and oxygen atoms in total. The molecule has 0 aliphatic carbocycles. The molecule has 0 fully saturated rings. The van der Waals surface area contributed by atoms with Gasteiger partial charge in [-0.25, -0.2) is 9.37 Å². The van der Waals surface area contributed by atoms with Gasteiger partial charge in [-0.3, -0.25) is 4.79 Å². The van der Waals surface area contributed by atoms with Crippen molar-refractivity contribution < 1.29 is 9.13 Å². The van der Waals surface area contributed by atoms with Crippen LogP contribution in [0.3, 0.4) is 0 Å². The third kappa shape index (κ3) is 4.15. The third-order valence-corrected chi connectivity index (χ3v) is 3.94. The molecular weight excluding hydrogens is 329 g/mol. The molecule has 24 heavy (non-hydrogen) atoms. The molecular formula is C17H18FN3O2S. The topological polar surface area (TPSA) is 78.8 Å². The largest absolute Gasteiger partial charge is 0.490 e. The second kappa shape index (κ2) is 7.97. The summed E-state index contributed by atoms with van der Waals surface area (Å²) in [6.07, 6.45) is 2.56. The maximum Gasteiger partial charge on any atom is 0.270 e. The van der Waals surface area contributed by atoms with Crippen molar-refractivity contribution in [2.45, 2.75) is 25.4 Å². The molecule has 126 valence electrons. The highest BCUT2D eigenvalue weighted by atomic mass is 32.2. The molecule has 0 bridgehead atoms. The normalized spacial score (nSPS) is 10.7. The van der Waals surface area contributed by atoms with Gasteiger partial charge >= 0.3 is 0 Å². The van der Waals surface area contributed by atoms with E-state index in [0.717, 1.165) is 6.42 Å². The molecule has 0 saturated heterocycles. The van der Waals surface area contributed by atoms with E-state index in [9.17, 15) is 14.4 Å². The van der Waals surface area contributed by atoms with Crippen LogP contribution in [0.5, 0.6) is 5.75 Å². The first kappa shape index (κ1) is 18.0. The monoisotopic (exact) mass is 347 g/mol. The first-order valence-electron chi connectivity index (χ1n) is 7.47. The highest BCUT2D eigenvalue weighted by Crippen LogP contribution is 2.27. The molecule has 0 aliphatic rings. The number of hydrogen-bond donors (Lipinski definition) is 1. The van der Waals surface area contributed by atoms with Gasteiger partial charge in [0.2, 0.25) is 0 Å². The lowest BCUT2D eigenvalue weighted by atomic mass is 10.1. The summed E-state index contributed by atoms with van der Waals surface area (Å²) in [6.45, 7) is 4.50. The van der Waals surface area contributed by atoms with Crippen LogP contribution in [0.1, 0.15) is 25.8 Å². The summed E-state index contributed by atoms with van der Waals surface area (Å²) >= 11 is 1.25. The molecule has 2 rings (SSSR count). The Kier molecular flexibility index (Phi) is 5.99. The minimum absolute atomic E-state index is 0.0878. The summed E-state index contributed by atoms with van der Waals surface area (Å²) in [5, 5.41) is 9.62. The van der Waals surface area contributed by atoms with E-state index in [1.54, 1.807) is 6.26 Å². The summed E-state index contributed by atoms with van der Waals surface area (Å²) in [7, 11) is 0. The molecule has 2 aromatic rings. The number of aromatic amines is 1. The van der Waals surface area contributed by atoms with Crippen molar-refractivity contribution in [1.29, 1.82) is 5.26 Å². The number of hydrogen-bond acceptors (Lipinski definition) is 5. The number of aromatic nitrogens is 2. The second-order valence-electron chi connectivity index (χ2n) is 5.59. The highest BCUT2D eigenvalue weighted by molar-refractivity contribution is 7.98. The summed E-state index contributed by atoms with van der Waals surface area (Å²) in [5.74, 6) is 0.0423. The number of H-pyrrole nitrogens is 1. The van der Waals surface area contributed by atoms with Crippen LogP contribution in [0.4, 0.5) is 4.39 Å². The number of rotatable bonds is 6. The Labute approximate surface area is 143 Å². The molecule has 1 aromatic heterocycles. The van der Waals surface area contributed by atoms with Crippen LogP contribution >= 0.6 is 11.8 Å². The first-order chi connectivity index (χ1) is 11.5. The van der Waals surface area contributed by atoms with Gasteiger partial charge in [-0.2, -0.15) is 5.26 Å². The third-order valence-electron chi connectivity index (χ3n) is 3.36. The molecule has 0 spiro atoms. The van der Waals surface area contributed by atoms with E-state index in [-0.39, 0.29) is 17.0 Å². The molecule has 0 aliphatic heterocycles.